The Bertz CT molecular complexity index is 1630. The molecule has 14 nitrogen and oxygen atoms in total. The van der Waals surface area contributed by atoms with Crippen molar-refractivity contribution in [3.63, 3.8) is 0 Å². The van der Waals surface area contributed by atoms with Crippen molar-refractivity contribution in [3.05, 3.63) is 71.1 Å². The van der Waals surface area contributed by atoms with Gasteiger partial charge in [-0.1, -0.05) is 43.7 Å². The van der Waals surface area contributed by atoms with Crippen molar-refractivity contribution < 1.29 is 50.5 Å². The number of esters is 1. The number of sulfonamides is 1. The highest BCUT2D eigenvalue weighted by molar-refractivity contribution is 7.90. The van der Waals surface area contributed by atoms with Crippen LogP contribution in [0, 0.1) is 18.0 Å². The van der Waals surface area contributed by atoms with Crippen LogP contribution in [-0.2, 0) is 35.3 Å². The maximum absolute atomic E-state index is 13.5. The smallest absolute Gasteiger partial charge is 0.435 e. The zero-order chi connectivity index (χ0) is 34.1. The fraction of sp³-hybridized carbons (Fsp3) is 0.393. The number of nitrogens with zero attached hydrogens (tertiary/aromatic N) is 5. The Morgan fingerprint density at radius 1 is 1.09 bits per heavy atom. The molecule has 250 valence electrons. The lowest BCUT2D eigenvalue weighted by Gasteiger charge is -2.13. The highest BCUT2D eigenvalue weighted by atomic mass is 32.2. The zero-order valence-corrected chi connectivity index (χ0v) is 26.2. The summed E-state index contributed by atoms with van der Waals surface area (Å²) in [5, 5.41) is 19.9. The fourth-order valence-electron chi connectivity index (χ4n) is 3.69. The van der Waals surface area contributed by atoms with Crippen molar-refractivity contribution in [1.29, 1.82) is 0 Å². The number of ether oxygens (including phenoxy) is 2. The van der Waals surface area contributed by atoms with Crippen LogP contribution < -0.4 is 4.72 Å². The Morgan fingerprint density at radius 2 is 1.74 bits per heavy atom. The third-order valence-corrected chi connectivity index (χ3v) is 7.54. The third-order valence-electron chi connectivity index (χ3n) is 6.21. The van der Waals surface area contributed by atoms with Crippen molar-refractivity contribution in [2.75, 3.05) is 27.0 Å². The Balaban J connectivity index is 1.52. The van der Waals surface area contributed by atoms with Crippen LogP contribution in [0.15, 0.2) is 64.8 Å². The average Bonchev–Trinajstić information content (AvgIpc) is 3.45. The van der Waals surface area contributed by atoms with Crippen LogP contribution in [0.1, 0.15) is 37.9 Å². The van der Waals surface area contributed by atoms with Gasteiger partial charge in [0.25, 0.3) is 16.8 Å². The van der Waals surface area contributed by atoms with Crippen LogP contribution in [0.2, 0.25) is 0 Å². The number of alkyl halides is 3. The van der Waals surface area contributed by atoms with E-state index in [0.717, 1.165) is 33.5 Å². The molecule has 0 fully saturated rings. The van der Waals surface area contributed by atoms with Crippen LogP contribution in [0.3, 0.4) is 0 Å². The van der Waals surface area contributed by atoms with E-state index in [0.29, 0.717) is 12.0 Å². The molecule has 1 N–H and O–H groups in total. The highest BCUT2D eigenvalue weighted by Crippen LogP contribution is 2.33. The van der Waals surface area contributed by atoms with Gasteiger partial charge in [0.2, 0.25) is 5.28 Å². The van der Waals surface area contributed by atoms with E-state index >= 15 is 0 Å². The molecular formula is C28H33F3N6O8S. The number of hydrogen-bond donors (Lipinski definition) is 1. The van der Waals surface area contributed by atoms with E-state index in [-0.39, 0.29) is 46.7 Å². The monoisotopic (exact) mass is 670 g/mol. The first-order chi connectivity index (χ1) is 21.6. The summed E-state index contributed by atoms with van der Waals surface area (Å²) in [6, 6.07) is 12.4. The van der Waals surface area contributed by atoms with Crippen LogP contribution in [-0.4, -0.2) is 67.2 Å². The van der Waals surface area contributed by atoms with E-state index in [9.17, 15) is 36.4 Å². The molecule has 0 saturated heterocycles. The summed E-state index contributed by atoms with van der Waals surface area (Å²) in [5.41, 5.74) is 0.560. The van der Waals surface area contributed by atoms with Crippen molar-refractivity contribution in [1.82, 2.24) is 19.5 Å². The minimum atomic E-state index is -4.71. The molecule has 0 saturated carbocycles. The van der Waals surface area contributed by atoms with Crippen molar-refractivity contribution in [2.24, 2.45) is 11.2 Å². The standard InChI is InChI=1S/C28H33F3N6O8S/c1-19(2)26(38)44-18-45-34-37(40)35(4)15-5-6-16-43-27(39)33-46(41,42)23-13-11-22(12-14-23)36-24(17-25(32-36)28(29,30)31)21-9-7-20(3)8-10-21/h7-14,17,19H,5-6,15-16,18H2,1-4H3,(H,33,39)/b37-34-. The van der Waals surface area contributed by atoms with Gasteiger partial charge in [0, 0.05) is 5.56 Å². The molecule has 0 radical (unpaired) electrons. The average molecular weight is 671 g/mol. The number of carbonyl (C=O) groups is 2. The summed E-state index contributed by atoms with van der Waals surface area (Å²) in [4.78, 5) is 27.9. The summed E-state index contributed by atoms with van der Waals surface area (Å²) < 4.78 is 78.2. The number of hydrogen-bond acceptors (Lipinski definition) is 10. The fourth-order valence-corrected chi connectivity index (χ4v) is 4.58. The molecule has 18 heteroatoms. The Morgan fingerprint density at radius 3 is 2.35 bits per heavy atom. The van der Waals surface area contributed by atoms with Crippen molar-refractivity contribution in [2.45, 2.75) is 44.7 Å². The molecule has 0 aliphatic heterocycles. The third kappa shape index (κ3) is 10.1. The number of halogens is 3. The number of aryl methyl sites for hydroxylation is 1. The number of benzene rings is 2. The molecule has 1 amide bonds. The van der Waals surface area contributed by atoms with E-state index in [2.05, 4.69) is 15.2 Å². The van der Waals surface area contributed by atoms with Gasteiger partial charge in [0.15, 0.2) is 5.69 Å². The molecule has 0 atom stereocenters. The number of nitrogens with one attached hydrogen (secondary N) is 1. The van der Waals surface area contributed by atoms with Gasteiger partial charge in [0.1, 0.15) is 0 Å². The number of hydrazine groups is 1. The second kappa shape index (κ2) is 15.4. The number of carbonyl (C=O) groups excluding carboxylic acids is 2. The molecule has 46 heavy (non-hydrogen) atoms. The molecule has 0 aliphatic carbocycles. The topological polar surface area (TPSA) is 167 Å². The van der Waals surface area contributed by atoms with Crippen LogP contribution >= 0.6 is 0 Å². The highest BCUT2D eigenvalue weighted by Gasteiger charge is 2.35. The number of aromatic nitrogens is 2. The molecule has 1 aromatic heterocycles. The van der Waals surface area contributed by atoms with E-state index in [1.807, 2.05) is 6.92 Å². The lowest BCUT2D eigenvalue weighted by molar-refractivity contribution is -0.706. The van der Waals surface area contributed by atoms with Crippen LogP contribution in [0.5, 0.6) is 0 Å². The van der Waals surface area contributed by atoms with Crippen LogP contribution in [0.25, 0.3) is 16.9 Å². The van der Waals surface area contributed by atoms with E-state index in [1.165, 1.54) is 19.2 Å². The van der Waals surface area contributed by atoms with E-state index in [4.69, 9.17) is 9.47 Å². The number of rotatable bonds is 14. The summed E-state index contributed by atoms with van der Waals surface area (Å²) in [5.74, 6) is -0.876. The van der Waals surface area contributed by atoms with Gasteiger partial charge in [-0.3, -0.25) is 4.79 Å². The first kappa shape index (κ1) is 35.6. The van der Waals surface area contributed by atoms with Gasteiger partial charge < -0.3 is 19.5 Å². The molecule has 0 aliphatic rings. The maximum Gasteiger partial charge on any atom is 0.435 e. The number of amides is 1. The molecule has 0 spiro atoms. The SMILES string of the molecule is Cc1ccc(-c2cc(C(F)(F)F)nn2-c2ccc(S(=O)(=O)NC(=O)OCCCCN(C)/[N+]([O-])=N/OCOC(=O)C(C)C)cc2)cc1. The zero-order valence-electron chi connectivity index (χ0n) is 25.4. The molecule has 2 aromatic carbocycles. The van der Waals surface area contributed by atoms with Crippen molar-refractivity contribution in [3.8, 4) is 16.9 Å². The summed E-state index contributed by atoms with van der Waals surface area (Å²) >= 11 is 0. The van der Waals surface area contributed by atoms with Crippen molar-refractivity contribution >= 4 is 22.1 Å². The lowest BCUT2D eigenvalue weighted by Crippen LogP contribution is -2.31. The van der Waals surface area contributed by atoms with E-state index < -0.39 is 40.7 Å². The predicted molar refractivity (Wildman–Crippen MR) is 155 cm³/mol. The summed E-state index contributed by atoms with van der Waals surface area (Å²) in [7, 11) is -2.97. The molecule has 0 unspecified atom stereocenters. The maximum atomic E-state index is 13.5. The minimum Gasteiger partial charge on any atom is -0.569 e. The molecule has 1 heterocycles. The van der Waals surface area contributed by atoms with Crippen LogP contribution in [0.4, 0.5) is 18.0 Å². The molecule has 3 aromatic rings. The number of unbranched alkanes of at least 4 members (excludes halogenated alkanes) is 1. The predicted octanol–water partition coefficient (Wildman–Crippen LogP) is 4.96. The van der Waals surface area contributed by atoms with Gasteiger partial charge >= 0.3 is 18.2 Å². The van der Waals surface area contributed by atoms with Gasteiger partial charge in [-0.05, 0) is 50.1 Å². The Hall–Kier alpha value is -4.87. The second-order valence-electron chi connectivity index (χ2n) is 10.2. The van der Waals surface area contributed by atoms with Gasteiger partial charge in [-0.15, -0.1) is 5.01 Å². The van der Waals surface area contributed by atoms with Gasteiger partial charge in [0.05, 0.1) is 47.4 Å². The largest absolute Gasteiger partial charge is 0.569 e. The molecule has 3 rings (SSSR count). The summed E-state index contributed by atoms with van der Waals surface area (Å²) in [6.07, 6.45) is -5.34. The Kier molecular flexibility index (Phi) is 11.9. The Labute approximate surface area is 262 Å². The minimum absolute atomic E-state index is 0.138. The second-order valence-corrected chi connectivity index (χ2v) is 11.9. The van der Waals surface area contributed by atoms with Gasteiger partial charge in [-0.2, -0.15) is 18.3 Å². The summed E-state index contributed by atoms with van der Waals surface area (Å²) in [6.45, 7) is 4.57. The first-order valence-electron chi connectivity index (χ1n) is 13.8. The van der Waals surface area contributed by atoms with Gasteiger partial charge in [-0.25, -0.2) is 22.6 Å². The van der Waals surface area contributed by atoms with E-state index in [1.54, 1.807) is 42.8 Å². The molecular weight excluding hydrogens is 637 g/mol. The quantitative estimate of drug-likeness (QED) is 0.0618. The molecule has 0 bridgehead atoms. The lowest BCUT2D eigenvalue weighted by atomic mass is 10.1. The first-order valence-corrected chi connectivity index (χ1v) is 15.3. The normalized spacial score (nSPS) is 12.1.